The number of ether oxygens (including phenoxy) is 1. The molecule has 216 valence electrons. The molecular weight excluding hydrogens is 530 g/mol. The highest BCUT2D eigenvalue weighted by Gasteiger charge is 2.42. The van der Waals surface area contributed by atoms with Crippen LogP contribution in [0.4, 0.5) is 8.78 Å². The largest absolute Gasteiger partial charge is 0.473 e. The third-order valence-electron chi connectivity index (χ3n) is 7.13. The Kier molecular flexibility index (Phi) is 9.10. The molecule has 4 heterocycles. The standard InChI is InChI=1S/C24H30F2N6O2.C2H2O4/c1-16-27-31(24(33)32(16)23-9-10-29(2)28-23)14-19(26)13-30-20-7-8-21(30)12-22(11-20)34-15-17-3-5-18(25)6-4-17;3-1(4)2(5)6/h3-6,9-10,19-22H,7-8,11-15H2,1-2H3;(H,3,4)(H,5,6)/t19-,20?,21?,22?;/m0./s1. The molecule has 0 spiro atoms. The zero-order valence-corrected chi connectivity index (χ0v) is 22.2. The molecule has 5 rings (SSSR count). The van der Waals surface area contributed by atoms with Crippen LogP contribution in [0.2, 0.25) is 0 Å². The summed E-state index contributed by atoms with van der Waals surface area (Å²) < 4.78 is 38.6. The molecule has 0 aliphatic carbocycles. The van der Waals surface area contributed by atoms with Gasteiger partial charge in [0.05, 0.1) is 19.3 Å². The van der Waals surface area contributed by atoms with E-state index in [0.717, 1.165) is 31.2 Å². The number of piperidine rings is 1. The Morgan fingerprint density at radius 2 is 1.68 bits per heavy atom. The quantitative estimate of drug-likeness (QED) is 0.394. The van der Waals surface area contributed by atoms with Crippen molar-refractivity contribution in [3.8, 4) is 5.82 Å². The molecule has 12 nitrogen and oxygen atoms in total. The molecule has 14 heteroatoms. The van der Waals surface area contributed by atoms with Crippen LogP contribution in [0.3, 0.4) is 0 Å². The first-order valence-corrected chi connectivity index (χ1v) is 12.9. The summed E-state index contributed by atoms with van der Waals surface area (Å²) in [6, 6.07) is 8.65. The summed E-state index contributed by atoms with van der Waals surface area (Å²) in [5.41, 5.74) is 0.570. The van der Waals surface area contributed by atoms with Crippen molar-refractivity contribution >= 4 is 11.9 Å². The Balaban J connectivity index is 0.000000557. The first-order valence-electron chi connectivity index (χ1n) is 12.9. The number of carboxylic acids is 2. The first-order chi connectivity index (χ1) is 19.0. The maximum Gasteiger partial charge on any atom is 0.414 e. The van der Waals surface area contributed by atoms with Gasteiger partial charge in [0.15, 0.2) is 5.82 Å². The number of benzene rings is 1. The van der Waals surface area contributed by atoms with E-state index in [1.807, 2.05) is 0 Å². The minimum Gasteiger partial charge on any atom is -0.473 e. The van der Waals surface area contributed by atoms with Gasteiger partial charge in [-0.2, -0.15) is 10.2 Å². The zero-order valence-electron chi connectivity index (χ0n) is 22.2. The van der Waals surface area contributed by atoms with Crippen LogP contribution in [-0.2, 0) is 34.5 Å². The van der Waals surface area contributed by atoms with Crippen molar-refractivity contribution < 1.29 is 33.3 Å². The number of aliphatic carboxylic acids is 2. The van der Waals surface area contributed by atoms with Gasteiger partial charge in [-0.25, -0.2) is 32.4 Å². The van der Waals surface area contributed by atoms with Gasteiger partial charge < -0.3 is 14.9 Å². The second-order valence-corrected chi connectivity index (χ2v) is 10.0. The summed E-state index contributed by atoms with van der Waals surface area (Å²) >= 11 is 0. The molecule has 2 N–H and O–H groups in total. The molecule has 3 atom stereocenters. The van der Waals surface area contributed by atoms with E-state index < -0.39 is 18.1 Å². The van der Waals surface area contributed by atoms with Gasteiger partial charge in [-0.1, -0.05) is 12.1 Å². The van der Waals surface area contributed by atoms with Gasteiger partial charge in [-0.3, -0.25) is 9.58 Å². The average Bonchev–Trinajstić information content (AvgIpc) is 3.50. The minimum atomic E-state index is -1.82. The third kappa shape index (κ3) is 6.99. The van der Waals surface area contributed by atoms with Crippen molar-refractivity contribution in [3.63, 3.8) is 0 Å². The molecule has 2 saturated heterocycles. The lowest BCUT2D eigenvalue weighted by Crippen LogP contribution is -2.48. The van der Waals surface area contributed by atoms with Gasteiger partial charge in [-0.15, -0.1) is 0 Å². The number of aromatic nitrogens is 5. The second kappa shape index (κ2) is 12.5. The first kappa shape index (κ1) is 29.1. The lowest BCUT2D eigenvalue weighted by molar-refractivity contribution is -0.159. The molecule has 2 aliphatic heterocycles. The number of halogens is 2. The second-order valence-electron chi connectivity index (χ2n) is 10.0. The molecule has 0 saturated carbocycles. The van der Waals surface area contributed by atoms with Crippen LogP contribution in [0.5, 0.6) is 0 Å². The Morgan fingerprint density at radius 1 is 1.05 bits per heavy atom. The lowest BCUT2D eigenvalue weighted by atomic mass is 9.99. The van der Waals surface area contributed by atoms with E-state index in [4.69, 9.17) is 24.5 Å². The van der Waals surface area contributed by atoms with Crippen LogP contribution in [-0.4, -0.2) is 82.1 Å². The van der Waals surface area contributed by atoms with Crippen molar-refractivity contribution in [1.82, 2.24) is 29.0 Å². The Morgan fingerprint density at radius 3 is 2.23 bits per heavy atom. The fraction of sp³-hybridized carbons (Fsp3) is 0.500. The molecular formula is C26H32F2N6O6. The van der Waals surface area contributed by atoms with E-state index in [9.17, 15) is 9.18 Å². The summed E-state index contributed by atoms with van der Waals surface area (Å²) in [4.78, 5) is 33.3. The monoisotopic (exact) mass is 562 g/mol. The number of carbonyl (C=O) groups is 2. The van der Waals surface area contributed by atoms with Crippen LogP contribution in [0, 0.1) is 12.7 Å². The summed E-state index contributed by atoms with van der Waals surface area (Å²) in [7, 11) is 1.77. The molecule has 3 aromatic rings. The Bertz CT molecular complexity index is 1360. The maximum absolute atomic E-state index is 15.1. The third-order valence-corrected chi connectivity index (χ3v) is 7.13. The van der Waals surface area contributed by atoms with Crippen LogP contribution in [0.1, 0.15) is 37.1 Å². The van der Waals surface area contributed by atoms with Crippen LogP contribution < -0.4 is 5.69 Å². The van der Waals surface area contributed by atoms with Crippen LogP contribution in [0.15, 0.2) is 41.3 Å². The number of rotatable bonds is 8. The Labute approximate surface area is 228 Å². The van der Waals surface area contributed by atoms with E-state index in [0.29, 0.717) is 18.2 Å². The van der Waals surface area contributed by atoms with Gasteiger partial charge in [-0.05, 0) is 50.3 Å². The predicted molar refractivity (Wildman–Crippen MR) is 137 cm³/mol. The number of hydrogen-bond acceptors (Lipinski definition) is 7. The number of hydrogen-bond donors (Lipinski definition) is 2. The van der Waals surface area contributed by atoms with E-state index in [1.54, 1.807) is 43.0 Å². The number of alkyl halides is 1. The Hall–Kier alpha value is -3.91. The molecule has 2 aromatic heterocycles. The smallest absolute Gasteiger partial charge is 0.414 e. The van der Waals surface area contributed by atoms with E-state index in [2.05, 4.69) is 15.1 Å². The predicted octanol–water partition coefficient (Wildman–Crippen LogP) is 1.92. The van der Waals surface area contributed by atoms with E-state index in [1.165, 1.54) is 21.4 Å². The van der Waals surface area contributed by atoms with Crippen molar-refractivity contribution in [1.29, 1.82) is 0 Å². The topological polar surface area (TPSA) is 145 Å². The van der Waals surface area contributed by atoms with Crippen LogP contribution in [0.25, 0.3) is 5.82 Å². The lowest BCUT2D eigenvalue weighted by Gasteiger charge is -2.39. The molecule has 1 aromatic carbocycles. The molecule has 0 amide bonds. The summed E-state index contributed by atoms with van der Waals surface area (Å²) in [6.07, 6.45) is 4.44. The zero-order chi connectivity index (χ0) is 29.0. The SMILES string of the molecule is Cc1nn(C[C@@H](F)CN2C3CCC2CC(OCc2ccc(F)cc2)C3)c(=O)n1-c1ccn(C)n1.O=C(O)C(=O)O. The molecule has 2 bridgehead atoms. The summed E-state index contributed by atoms with van der Waals surface area (Å²) in [5.74, 6) is -2.94. The van der Waals surface area contributed by atoms with Gasteiger partial charge in [0.2, 0.25) is 0 Å². The fourth-order valence-corrected chi connectivity index (χ4v) is 5.35. The van der Waals surface area contributed by atoms with Gasteiger partial charge in [0.25, 0.3) is 0 Å². The van der Waals surface area contributed by atoms with E-state index in [-0.39, 0.29) is 42.8 Å². The summed E-state index contributed by atoms with van der Waals surface area (Å²) in [6.45, 7) is 2.37. The average molecular weight is 563 g/mol. The number of nitrogens with zero attached hydrogens (tertiary/aromatic N) is 6. The number of fused-ring (bicyclic) bond motifs is 2. The van der Waals surface area contributed by atoms with Crippen molar-refractivity contribution in [2.24, 2.45) is 7.05 Å². The van der Waals surface area contributed by atoms with Crippen LogP contribution >= 0.6 is 0 Å². The number of carboxylic acid groups (broad SMARTS) is 2. The molecule has 2 unspecified atom stereocenters. The summed E-state index contributed by atoms with van der Waals surface area (Å²) in [5, 5.41) is 23.3. The highest BCUT2D eigenvalue weighted by Crippen LogP contribution is 2.37. The van der Waals surface area contributed by atoms with Gasteiger partial charge in [0, 0.05) is 37.9 Å². The van der Waals surface area contributed by atoms with Crippen molar-refractivity contribution in [2.75, 3.05) is 6.54 Å². The fourth-order valence-electron chi connectivity index (χ4n) is 5.35. The minimum absolute atomic E-state index is 0.0834. The highest BCUT2D eigenvalue weighted by atomic mass is 19.1. The molecule has 2 fully saturated rings. The number of aryl methyl sites for hydroxylation is 2. The molecule has 40 heavy (non-hydrogen) atoms. The highest BCUT2D eigenvalue weighted by molar-refractivity contribution is 6.27. The van der Waals surface area contributed by atoms with Crippen molar-refractivity contribution in [3.05, 3.63) is 64.2 Å². The maximum atomic E-state index is 15.1. The molecule has 0 radical (unpaired) electrons. The van der Waals surface area contributed by atoms with Crippen molar-refractivity contribution in [2.45, 2.75) is 70.1 Å². The molecule has 2 aliphatic rings. The normalized spacial score (nSPS) is 21.1. The van der Waals surface area contributed by atoms with Gasteiger partial charge in [0.1, 0.15) is 17.8 Å². The van der Waals surface area contributed by atoms with Gasteiger partial charge >= 0.3 is 17.6 Å². The van der Waals surface area contributed by atoms with E-state index >= 15 is 4.39 Å².